The molecule has 0 saturated carbocycles. The Morgan fingerprint density at radius 2 is 2.17 bits per heavy atom. The maximum Gasteiger partial charge on any atom is 0.265 e. The number of alkyl halides is 2. The molecule has 66 valence electrons. The third kappa shape index (κ3) is 1.93. The minimum Gasteiger partial charge on any atom is -0.248 e. The van der Waals surface area contributed by atoms with Crippen LogP contribution in [-0.2, 0) is 0 Å². The molecule has 0 N–H and O–H groups in total. The molecule has 1 rings (SSSR count). The summed E-state index contributed by atoms with van der Waals surface area (Å²) in [6.07, 6.45) is -1.24. The maximum atomic E-state index is 12.3. The van der Waals surface area contributed by atoms with Gasteiger partial charge in [0.25, 0.3) is 6.43 Å². The number of aromatic nitrogens is 1. The molecule has 0 saturated heterocycles. The van der Waals surface area contributed by atoms with Gasteiger partial charge in [-0.15, -0.1) is 0 Å². The Hall–Kier alpha value is 0.220. The maximum absolute atomic E-state index is 12.3. The fourth-order valence-electron chi connectivity index (χ4n) is 0.781. The van der Waals surface area contributed by atoms with Crippen molar-refractivity contribution in [3.63, 3.8) is 0 Å². The quantitative estimate of drug-likeness (QED) is 0.557. The molecule has 5 heteroatoms. The molecule has 0 aliphatic rings. The number of nitrogens with zero attached hydrogens (tertiary/aromatic N) is 1. The molecule has 0 aliphatic heterocycles. The van der Waals surface area contributed by atoms with Crippen LogP contribution in [0.25, 0.3) is 0 Å². The molecule has 0 aromatic carbocycles. The lowest BCUT2D eigenvalue weighted by Crippen LogP contribution is -1.95. The Labute approximate surface area is 90.8 Å². The first-order valence-electron chi connectivity index (χ1n) is 3.12. The van der Waals surface area contributed by atoms with Gasteiger partial charge in [-0.1, -0.05) is 0 Å². The topological polar surface area (TPSA) is 12.9 Å². The highest BCUT2D eigenvalue weighted by atomic mass is 127. The van der Waals surface area contributed by atoms with Crippen LogP contribution in [0.1, 0.15) is 17.6 Å². The molecule has 0 fully saturated rings. The average Bonchev–Trinajstić information content (AvgIpc) is 2.00. The van der Waals surface area contributed by atoms with Crippen molar-refractivity contribution in [3.8, 4) is 0 Å². The summed E-state index contributed by atoms with van der Waals surface area (Å²) in [4.78, 5) is 3.79. The summed E-state index contributed by atoms with van der Waals surface area (Å²) in [5.41, 5.74) is 0.593. The van der Waals surface area contributed by atoms with Gasteiger partial charge in [-0.05, 0) is 51.0 Å². The van der Waals surface area contributed by atoms with Gasteiger partial charge in [0.1, 0.15) is 4.60 Å². The second-order valence-corrected chi connectivity index (χ2v) is 4.07. The third-order valence-corrected chi connectivity index (χ3v) is 4.16. The molecule has 12 heavy (non-hydrogen) atoms. The highest BCUT2D eigenvalue weighted by Crippen LogP contribution is 2.28. The number of halogens is 4. The molecular formula is C7H5BrF2IN. The SMILES string of the molecule is Cc1c(C(F)F)cnc(Br)c1I. The molecular weight excluding hydrogens is 343 g/mol. The Bertz CT molecular complexity index is 304. The summed E-state index contributed by atoms with van der Waals surface area (Å²) >= 11 is 5.15. The number of hydrogen-bond donors (Lipinski definition) is 0. The first-order valence-corrected chi connectivity index (χ1v) is 5.00. The fourth-order valence-corrected chi connectivity index (χ4v) is 1.63. The molecule has 1 nitrogen and oxygen atoms in total. The Morgan fingerprint density at radius 1 is 1.58 bits per heavy atom. The molecule has 0 atom stereocenters. The predicted octanol–water partition coefficient (Wildman–Crippen LogP) is 3.69. The van der Waals surface area contributed by atoms with Crippen LogP contribution >= 0.6 is 38.5 Å². The molecule has 0 spiro atoms. The number of rotatable bonds is 1. The van der Waals surface area contributed by atoms with Gasteiger partial charge in [0, 0.05) is 15.3 Å². The van der Waals surface area contributed by atoms with E-state index in [1.165, 1.54) is 6.20 Å². The molecule has 1 aromatic rings. The summed E-state index contributed by atoms with van der Waals surface area (Å²) in [5, 5.41) is 0. The van der Waals surface area contributed by atoms with Crippen LogP contribution in [0.5, 0.6) is 0 Å². The van der Waals surface area contributed by atoms with E-state index >= 15 is 0 Å². The summed E-state index contributed by atoms with van der Waals surface area (Å²) in [6.45, 7) is 1.66. The largest absolute Gasteiger partial charge is 0.265 e. The van der Waals surface area contributed by atoms with Gasteiger partial charge < -0.3 is 0 Å². The van der Waals surface area contributed by atoms with Crippen molar-refractivity contribution in [1.29, 1.82) is 0 Å². The van der Waals surface area contributed by atoms with E-state index in [0.29, 0.717) is 10.2 Å². The standard InChI is InChI=1S/C7H5BrF2IN/c1-3-4(7(9)10)2-12-6(8)5(3)11/h2,7H,1H3. The van der Waals surface area contributed by atoms with Crippen LogP contribution in [0.4, 0.5) is 8.78 Å². The molecule has 0 unspecified atom stereocenters. The van der Waals surface area contributed by atoms with Gasteiger partial charge in [-0.2, -0.15) is 0 Å². The van der Waals surface area contributed by atoms with Crippen LogP contribution in [0, 0.1) is 10.5 Å². The van der Waals surface area contributed by atoms with Crippen LogP contribution in [0.3, 0.4) is 0 Å². The lowest BCUT2D eigenvalue weighted by atomic mass is 10.2. The smallest absolute Gasteiger partial charge is 0.248 e. The molecule has 0 aliphatic carbocycles. The fraction of sp³-hybridized carbons (Fsp3) is 0.286. The zero-order valence-corrected chi connectivity index (χ0v) is 9.86. The zero-order valence-electron chi connectivity index (χ0n) is 6.11. The van der Waals surface area contributed by atoms with E-state index in [9.17, 15) is 8.78 Å². The highest BCUT2D eigenvalue weighted by molar-refractivity contribution is 14.1. The molecule has 0 amide bonds. The normalized spacial score (nSPS) is 10.8. The van der Waals surface area contributed by atoms with Crippen molar-refractivity contribution in [2.45, 2.75) is 13.3 Å². The van der Waals surface area contributed by atoms with E-state index in [4.69, 9.17) is 0 Å². The van der Waals surface area contributed by atoms with Gasteiger partial charge in [0.15, 0.2) is 0 Å². The van der Waals surface area contributed by atoms with Gasteiger partial charge in [-0.3, -0.25) is 0 Å². The van der Waals surface area contributed by atoms with E-state index in [1.807, 2.05) is 22.6 Å². The van der Waals surface area contributed by atoms with Crippen LogP contribution in [0.15, 0.2) is 10.8 Å². The predicted molar refractivity (Wildman–Crippen MR) is 54.3 cm³/mol. The van der Waals surface area contributed by atoms with E-state index in [-0.39, 0.29) is 5.56 Å². The van der Waals surface area contributed by atoms with Gasteiger partial charge >= 0.3 is 0 Å². The summed E-state index contributed by atoms with van der Waals surface area (Å²) in [5.74, 6) is 0. The van der Waals surface area contributed by atoms with E-state index < -0.39 is 6.43 Å². The minimum atomic E-state index is -2.45. The third-order valence-electron chi connectivity index (χ3n) is 1.50. The number of hydrogen-bond acceptors (Lipinski definition) is 1. The summed E-state index contributed by atoms with van der Waals surface area (Å²) < 4.78 is 25.9. The van der Waals surface area contributed by atoms with E-state index in [0.717, 1.165) is 3.57 Å². The minimum absolute atomic E-state index is 0.00241. The van der Waals surface area contributed by atoms with Crippen molar-refractivity contribution in [2.75, 3.05) is 0 Å². The average molecular weight is 348 g/mol. The Kier molecular flexibility index (Phi) is 3.39. The van der Waals surface area contributed by atoms with Gasteiger partial charge in [0.2, 0.25) is 0 Å². The van der Waals surface area contributed by atoms with Crippen molar-refractivity contribution in [1.82, 2.24) is 4.98 Å². The first-order chi connectivity index (χ1) is 5.54. The van der Waals surface area contributed by atoms with Gasteiger partial charge in [0.05, 0.1) is 0 Å². The van der Waals surface area contributed by atoms with Crippen LogP contribution < -0.4 is 0 Å². The van der Waals surface area contributed by atoms with Crippen molar-refractivity contribution >= 4 is 38.5 Å². The number of pyridine rings is 1. The van der Waals surface area contributed by atoms with Gasteiger partial charge in [-0.25, -0.2) is 13.8 Å². The highest BCUT2D eigenvalue weighted by Gasteiger charge is 2.14. The van der Waals surface area contributed by atoms with E-state index in [2.05, 4.69) is 20.9 Å². The second-order valence-electron chi connectivity index (χ2n) is 2.24. The summed E-state index contributed by atoms with van der Waals surface area (Å²) in [7, 11) is 0. The lowest BCUT2D eigenvalue weighted by molar-refractivity contribution is 0.150. The monoisotopic (exact) mass is 347 g/mol. The van der Waals surface area contributed by atoms with Crippen molar-refractivity contribution in [3.05, 3.63) is 25.5 Å². The van der Waals surface area contributed by atoms with Crippen molar-refractivity contribution < 1.29 is 8.78 Å². The van der Waals surface area contributed by atoms with Crippen molar-refractivity contribution in [2.24, 2.45) is 0 Å². The summed E-state index contributed by atoms with van der Waals surface area (Å²) in [6, 6.07) is 0. The molecule has 0 bridgehead atoms. The zero-order chi connectivity index (χ0) is 9.30. The van der Waals surface area contributed by atoms with Crippen LogP contribution in [-0.4, -0.2) is 4.98 Å². The van der Waals surface area contributed by atoms with E-state index in [1.54, 1.807) is 6.92 Å². The lowest BCUT2D eigenvalue weighted by Gasteiger charge is -2.06. The molecule has 1 aromatic heterocycles. The first kappa shape index (κ1) is 10.3. The Balaban J connectivity index is 3.27. The molecule has 0 radical (unpaired) electrons. The second kappa shape index (κ2) is 3.95. The Morgan fingerprint density at radius 3 is 2.67 bits per heavy atom. The molecule has 1 heterocycles. The van der Waals surface area contributed by atoms with Crippen LogP contribution in [0.2, 0.25) is 0 Å².